The number of hydrogen-bond donors (Lipinski definition) is 0. The monoisotopic (exact) mass is 389 g/mol. The van der Waals surface area contributed by atoms with E-state index in [-0.39, 0.29) is 23.4 Å². The first-order chi connectivity index (χ1) is 12.9. The number of carbonyl (C=O) groups excluding carboxylic acids is 2. The van der Waals surface area contributed by atoms with Crippen LogP contribution in [0.2, 0.25) is 0 Å². The van der Waals surface area contributed by atoms with Gasteiger partial charge in [-0.25, -0.2) is 4.98 Å². The number of nitrogens with zero attached hydrogens (tertiary/aromatic N) is 3. The Morgan fingerprint density at radius 1 is 1.30 bits per heavy atom. The summed E-state index contributed by atoms with van der Waals surface area (Å²) in [5.74, 6) is 1.03. The number of rotatable bonds is 4. The summed E-state index contributed by atoms with van der Waals surface area (Å²) in [6.07, 6.45) is 6.80. The number of amides is 2. The van der Waals surface area contributed by atoms with E-state index < -0.39 is 0 Å². The topological polar surface area (TPSA) is 53.5 Å². The van der Waals surface area contributed by atoms with Gasteiger partial charge in [0.25, 0.3) is 0 Å². The zero-order chi connectivity index (χ0) is 19.2. The number of aryl methyl sites for hydroxylation is 1. The smallest absolute Gasteiger partial charge is 0.232 e. The minimum absolute atomic E-state index is 0.165. The van der Waals surface area contributed by atoms with Crippen LogP contribution >= 0.6 is 11.3 Å². The molecule has 4 rings (SSSR count). The number of hydrogen-bond acceptors (Lipinski definition) is 4. The van der Waals surface area contributed by atoms with Crippen LogP contribution in [0.4, 0.5) is 0 Å². The van der Waals surface area contributed by atoms with Gasteiger partial charge in [-0.3, -0.25) is 9.59 Å². The number of piperidine rings is 1. The average Bonchev–Trinajstić information content (AvgIpc) is 3.29. The first-order valence-electron chi connectivity index (χ1n) is 10.4. The lowest BCUT2D eigenvalue weighted by Gasteiger charge is -2.58. The maximum Gasteiger partial charge on any atom is 0.232 e. The van der Waals surface area contributed by atoms with Crippen LogP contribution in [0.1, 0.15) is 75.4 Å². The van der Waals surface area contributed by atoms with Gasteiger partial charge in [0.1, 0.15) is 0 Å². The Bertz CT molecular complexity index is 715. The lowest BCUT2D eigenvalue weighted by atomic mass is 9.67. The first kappa shape index (κ1) is 18.9. The van der Waals surface area contributed by atoms with Crippen molar-refractivity contribution in [3.8, 4) is 0 Å². The van der Waals surface area contributed by atoms with Crippen molar-refractivity contribution >= 4 is 23.2 Å². The van der Waals surface area contributed by atoms with Gasteiger partial charge in [0, 0.05) is 25.6 Å². The first-order valence-corrected chi connectivity index (χ1v) is 11.3. The van der Waals surface area contributed by atoms with Crippen LogP contribution in [0.25, 0.3) is 0 Å². The van der Waals surface area contributed by atoms with Crippen LogP contribution in [0.3, 0.4) is 0 Å². The molecule has 3 fully saturated rings. The van der Waals surface area contributed by atoms with Gasteiger partial charge in [-0.2, -0.15) is 0 Å². The van der Waals surface area contributed by atoms with Gasteiger partial charge in [-0.15, -0.1) is 11.3 Å². The maximum atomic E-state index is 13.3. The van der Waals surface area contributed by atoms with E-state index >= 15 is 0 Å². The highest BCUT2D eigenvalue weighted by atomic mass is 32.1. The number of carbonyl (C=O) groups is 2. The molecule has 1 aliphatic carbocycles. The van der Waals surface area contributed by atoms with Crippen molar-refractivity contribution in [2.24, 2.45) is 11.3 Å². The predicted octanol–water partition coefficient (Wildman–Crippen LogP) is 3.93. The predicted molar refractivity (Wildman–Crippen MR) is 106 cm³/mol. The van der Waals surface area contributed by atoms with Gasteiger partial charge in [0.2, 0.25) is 11.8 Å². The van der Waals surface area contributed by atoms with Crippen LogP contribution in [-0.2, 0) is 9.59 Å². The molecule has 1 aromatic rings. The molecule has 1 unspecified atom stereocenters. The van der Waals surface area contributed by atoms with Gasteiger partial charge in [-0.05, 0) is 38.5 Å². The Morgan fingerprint density at radius 2 is 1.96 bits per heavy atom. The highest BCUT2D eigenvalue weighted by Gasteiger charge is 2.64. The zero-order valence-electron chi connectivity index (χ0n) is 16.7. The van der Waals surface area contributed by atoms with E-state index in [2.05, 4.69) is 30.7 Å². The second kappa shape index (κ2) is 7.19. The van der Waals surface area contributed by atoms with E-state index in [1.165, 1.54) is 4.88 Å². The van der Waals surface area contributed by atoms with Crippen LogP contribution in [-0.4, -0.2) is 45.7 Å². The Morgan fingerprint density at radius 3 is 2.52 bits per heavy atom. The molecule has 0 aromatic carbocycles. The van der Waals surface area contributed by atoms with Crippen molar-refractivity contribution in [3.63, 3.8) is 0 Å². The van der Waals surface area contributed by atoms with Crippen molar-refractivity contribution in [1.29, 1.82) is 0 Å². The average molecular weight is 390 g/mol. The summed E-state index contributed by atoms with van der Waals surface area (Å²) in [5.41, 5.74) is 2.84. The Kier molecular flexibility index (Phi) is 5.04. The minimum Gasteiger partial charge on any atom is -0.343 e. The summed E-state index contributed by atoms with van der Waals surface area (Å²) < 4.78 is 0. The number of thiazole rings is 1. The summed E-state index contributed by atoms with van der Waals surface area (Å²) in [5, 5.41) is 0. The minimum atomic E-state index is -0.165. The third-order valence-corrected chi connectivity index (χ3v) is 7.77. The lowest BCUT2D eigenvalue weighted by Crippen LogP contribution is -2.66. The third kappa shape index (κ3) is 3.10. The van der Waals surface area contributed by atoms with Crippen LogP contribution in [0, 0.1) is 18.3 Å². The van der Waals surface area contributed by atoms with Gasteiger partial charge in [-0.1, -0.05) is 26.7 Å². The zero-order valence-corrected chi connectivity index (χ0v) is 17.6. The standard InChI is InChI=1S/C21H31N3O2S/c1-14(2)12-17(25)23-10-6-16(7-11-23)24-19(18-15(3)22-13-27-18)21(20(24)26)8-4-5-9-21/h13-14,16,19H,4-12H2,1-3H3. The quantitative estimate of drug-likeness (QED) is 0.733. The number of aromatic nitrogens is 1. The van der Waals surface area contributed by atoms with Crippen molar-refractivity contribution in [2.75, 3.05) is 13.1 Å². The van der Waals surface area contributed by atoms with Gasteiger partial charge >= 0.3 is 0 Å². The summed E-state index contributed by atoms with van der Waals surface area (Å²) in [7, 11) is 0. The molecule has 0 N–H and O–H groups in total. The van der Waals surface area contributed by atoms with Crippen LogP contribution in [0.5, 0.6) is 0 Å². The molecule has 2 aliphatic heterocycles. The molecule has 0 bridgehead atoms. The SMILES string of the molecule is Cc1ncsc1C1N(C2CCN(C(=O)CC(C)C)CC2)C(=O)C12CCCC2. The van der Waals surface area contributed by atoms with E-state index in [4.69, 9.17) is 0 Å². The Balaban J connectivity index is 1.49. The van der Waals surface area contributed by atoms with Gasteiger partial charge in [0.15, 0.2) is 0 Å². The second-order valence-electron chi connectivity index (χ2n) is 8.99. The van der Waals surface area contributed by atoms with Crippen molar-refractivity contribution < 1.29 is 9.59 Å². The number of β-lactam (4-membered cyclic amide) rings is 1. The van der Waals surface area contributed by atoms with Gasteiger partial charge in [0.05, 0.1) is 27.5 Å². The molecule has 1 atom stereocenters. The fraction of sp³-hybridized carbons (Fsp3) is 0.762. The van der Waals surface area contributed by atoms with E-state index in [0.29, 0.717) is 18.2 Å². The summed E-state index contributed by atoms with van der Waals surface area (Å²) in [6.45, 7) is 7.81. The second-order valence-corrected chi connectivity index (χ2v) is 9.88. The Labute approximate surface area is 166 Å². The van der Waals surface area contributed by atoms with E-state index in [9.17, 15) is 9.59 Å². The van der Waals surface area contributed by atoms with Crippen LogP contribution < -0.4 is 0 Å². The molecule has 3 aliphatic rings. The molecule has 1 saturated carbocycles. The molecule has 148 valence electrons. The lowest BCUT2D eigenvalue weighted by molar-refractivity contribution is -0.180. The van der Waals surface area contributed by atoms with E-state index in [0.717, 1.165) is 57.3 Å². The fourth-order valence-electron chi connectivity index (χ4n) is 5.38. The number of likely N-dealkylation sites (tertiary alicyclic amines) is 2. The fourth-order valence-corrected chi connectivity index (χ4v) is 6.40. The molecule has 5 nitrogen and oxygen atoms in total. The Hall–Kier alpha value is -1.43. The molecule has 0 radical (unpaired) electrons. The van der Waals surface area contributed by atoms with Crippen molar-refractivity contribution in [3.05, 3.63) is 16.1 Å². The van der Waals surface area contributed by atoms with Crippen molar-refractivity contribution in [2.45, 2.75) is 77.8 Å². The highest BCUT2D eigenvalue weighted by molar-refractivity contribution is 7.09. The summed E-state index contributed by atoms with van der Waals surface area (Å²) in [4.78, 5) is 35.6. The molecule has 2 saturated heterocycles. The third-order valence-electron chi connectivity index (χ3n) is 6.78. The summed E-state index contributed by atoms with van der Waals surface area (Å²) >= 11 is 1.71. The molecule has 3 heterocycles. The summed E-state index contributed by atoms with van der Waals surface area (Å²) in [6, 6.07) is 0.473. The molecule has 27 heavy (non-hydrogen) atoms. The largest absolute Gasteiger partial charge is 0.343 e. The van der Waals surface area contributed by atoms with Gasteiger partial charge < -0.3 is 9.80 Å². The molecule has 2 amide bonds. The molecular formula is C21H31N3O2S. The molecule has 1 spiro atoms. The van der Waals surface area contributed by atoms with E-state index in [1.54, 1.807) is 11.3 Å². The molecule has 6 heteroatoms. The normalized spacial score (nSPS) is 25.5. The van der Waals surface area contributed by atoms with Crippen LogP contribution in [0.15, 0.2) is 5.51 Å². The van der Waals surface area contributed by atoms with Crippen molar-refractivity contribution in [1.82, 2.24) is 14.8 Å². The highest BCUT2D eigenvalue weighted by Crippen LogP contribution is 2.61. The van der Waals surface area contributed by atoms with E-state index in [1.807, 2.05) is 10.4 Å². The molecular weight excluding hydrogens is 358 g/mol. The molecule has 1 aromatic heterocycles. The maximum absolute atomic E-state index is 13.3.